The monoisotopic (exact) mass is 324 g/mol. The Morgan fingerprint density at radius 2 is 1.38 bits per heavy atom. The fourth-order valence-electron chi connectivity index (χ4n) is 1.91. The first-order valence-electron chi connectivity index (χ1n) is 7.81. The molecule has 0 unspecified atom stereocenters. The summed E-state index contributed by atoms with van der Waals surface area (Å²) < 4.78 is 19.8. The molecule has 21 heavy (non-hydrogen) atoms. The average molecular weight is 324 g/mol. The highest BCUT2D eigenvalue weighted by atomic mass is 31.2. The van der Waals surface area contributed by atoms with Gasteiger partial charge in [-0.1, -0.05) is 45.4 Å². The minimum absolute atomic E-state index is 0.102. The molecule has 0 bridgehead atoms. The van der Waals surface area contributed by atoms with E-state index in [0.717, 1.165) is 51.4 Å². The molecule has 6 nitrogen and oxygen atoms in total. The lowest BCUT2D eigenvalue weighted by molar-refractivity contribution is -0.143. The smallest absolute Gasteiger partial charge is 0.466 e. The molecule has 0 spiro atoms. The van der Waals surface area contributed by atoms with E-state index in [9.17, 15) is 9.36 Å². The largest absolute Gasteiger partial charge is 0.469 e. The first-order valence-corrected chi connectivity index (χ1v) is 9.34. The summed E-state index contributed by atoms with van der Waals surface area (Å²) in [7, 11) is -4.29. The van der Waals surface area contributed by atoms with Crippen molar-refractivity contribution in [3.05, 3.63) is 0 Å². The van der Waals surface area contributed by atoms with Crippen molar-refractivity contribution in [1.29, 1.82) is 0 Å². The molecule has 0 saturated heterocycles. The van der Waals surface area contributed by atoms with E-state index >= 15 is 0 Å². The van der Waals surface area contributed by atoms with Crippen molar-refractivity contribution >= 4 is 13.8 Å². The lowest BCUT2D eigenvalue weighted by Crippen LogP contribution is -2.04. The Hall–Kier alpha value is -0.420. The summed E-state index contributed by atoms with van der Waals surface area (Å²) in [4.78, 5) is 28.0. The van der Waals surface area contributed by atoms with Crippen molar-refractivity contribution in [1.82, 2.24) is 0 Å². The van der Waals surface area contributed by atoms with Crippen LogP contribution in [0.5, 0.6) is 0 Å². The van der Waals surface area contributed by atoms with E-state index in [1.807, 2.05) is 6.92 Å². The van der Waals surface area contributed by atoms with Crippen LogP contribution >= 0.6 is 7.82 Å². The second-order valence-corrected chi connectivity index (χ2v) is 6.36. The third kappa shape index (κ3) is 17.5. The zero-order chi connectivity index (χ0) is 16.0. The molecule has 0 heterocycles. The van der Waals surface area contributed by atoms with Crippen molar-refractivity contribution in [2.45, 2.75) is 71.1 Å². The van der Waals surface area contributed by atoms with Gasteiger partial charge in [-0.3, -0.25) is 9.32 Å². The second kappa shape index (κ2) is 13.3. The van der Waals surface area contributed by atoms with Gasteiger partial charge in [0.2, 0.25) is 0 Å². The fraction of sp³-hybridized carbons (Fsp3) is 0.929. The van der Waals surface area contributed by atoms with Gasteiger partial charge in [0.25, 0.3) is 0 Å². The maximum atomic E-state index is 11.1. The number of carbonyl (C=O) groups is 1. The van der Waals surface area contributed by atoms with Gasteiger partial charge in [-0.05, 0) is 19.3 Å². The maximum Gasteiger partial charge on any atom is 0.469 e. The third-order valence-corrected chi connectivity index (χ3v) is 3.53. The summed E-state index contributed by atoms with van der Waals surface area (Å²) >= 11 is 0. The molecule has 0 aromatic carbocycles. The molecule has 2 N–H and O–H groups in total. The van der Waals surface area contributed by atoms with Crippen LogP contribution in [-0.4, -0.2) is 29.0 Å². The van der Waals surface area contributed by atoms with Gasteiger partial charge >= 0.3 is 13.8 Å². The Bertz CT molecular complexity index is 302. The standard InChI is InChI=1S/C14H29O6P/c1-2-11-14(15)19-12-9-7-5-3-4-6-8-10-13-20-21(16,17)18/h2-13H2,1H3,(H2,16,17,18). The van der Waals surface area contributed by atoms with Crippen LogP contribution in [0.4, 0.5) is 0 Å². The molecule has 0 radical (unpaired) electrons. The van der Waals surface area contributed by atoms with E-state index in [4.69, 9.17) is 14.5 Å². The van der Waals surface area contributed by atoms with Gasteiger partial charge in [-0.2, -0.15) is 0 Å². The van der Waals surface area contributed by atoms with Gasteiger partial charge in [0, 0.05) is 6.42 Å². The Kier molecular flexibility index (Phi) is 13.0. The van der Waals surface area contributed by atoms with E-state index in [2.05, 4.69) is 4.52 Å². The maximum absolute atomic E-state index is 11.1. The summed E-state index contributed by atoms with van der Waals surface area (Å²) in [5.41, 5.74) is 0. The molecule has 0 rings (SSSR count). The number of unbranched alkanes of at least 4 members (excludes halogenated alkanes) is 7. The average Bonchev–Trinajstić information content (AvgIpc) is 2.39. The predicted octanol–water partition coefficient (Wildman–Crippen LogP) is 3.56. The summed E-state index contributed by atoms with van der Waals surface area (Å²) in [5.74, 6) is -0.102. The molecule has 0 aliphatic rings. The molecule has 126 valence electrons. The van der Waals surface area contributed by atoms with Gasteiger partial charge in [0.1, 0.15) is 0 Å². The van der Waals surface area contributed by atoms with Crippen LogP contribution in [0.15, 0.2) is 0 Å². The number of phosphoric acid groups is 1. The Labute approximate surface area is 127 Å². The normalized spacial score (nSPS) is 11.6. The number of esters is 1. The molecule has 0 amide bonds. The molecule has 7 heteroatoms. The van der Waals surface area contributed by atoms with Crippen molar-refractivity contribution in [2.75, 3.05) is 13.2 Å². The predicted molar refractivity (Wildman–Crippen MR) is 80.8 cm³/mol. The Morgan fingerprint density at radius 3 is 1.86 bits per heavy atom. The molecule has 0 saturated carbocycles. The zero-order valence-corrected chi connectivity index (χ0v) is 13.9. The van der Waals surface area contributed by atoms with E-state index < -0.39 is 7.82 Å². The fourth-order valence-corrected chi connectivity index (χ4v) is 2.28. The first-order chi connectivity index (χ1) is 9.95. The number of phosphoric ester groups is 1. The summed E-state index contributed by atoms with van der Waals surface area (Å²) in [6.07, 6.45) is 9.37. The minimum Gasteiger partial charge on any atom is -0.466 e. The van der Waals surface area contributed by atoms with Gasteiger partial charge in [0.15, 0.2) is 0 Å². The number of carbonyl (C=O) groups excluding carboxylic acids is 1. The Morgan fingerprint density at radius 1 is 0.905 bits per heavy atom. The van der Waals surface area contributed by atoms with E-state index in [1.54, 1.807) is 0 Å². The topological polar surface area (TPSA) is 93.1 Å². The van der Waals surface area contributed by atoms with Crippen molar-refractivity contribution in [3.8, 4) is 0 Å². The summed E-state index contributed by atoms with van der Waals surface area (Å²) in [5, 5.41) is 0. The lowest BCUT2D eigenvalue weighted by Gasteiger charge is -2.05. The highest BCUT2D eigenvalue weighted by Crippen LogP contribution is 2.35. The highest BCUT2D eigenvalue weighted by molar-refractivity contribution is 7.46. The van der Waals surface area contributed by atoms with Crippen LogP contribution in [0.2, 0.25) is 0 Å². The van der Waals surface area contributed by atoms with E-state index in [-0.39, 0.29) is 12.6 Å². The molecular formula is C14H29O6P. The van der Waals surface area contributed by atoms with Gasteiger partial charge in [-0.25, -0.2) is 4.57 Å². The molecule has 0 fully saturated rings. The van der Waals surface area contributed by atoms with Crippen LogP contribution in [0.25, 0.3) is 0 Å². The first kappa shape index (κ1) is 20.6. The van der Waals surface area contributed by atoms with E-state index in [1.165, 1.54) is 0 Å². The van der Waals surface area contributed by atoms with Crippen LogP contribution in [0.1, 0.15) is 71.1 Å². The van der Waals surface area contributed by atoms with Crippen molar-refractivity contribution in [3.63, 3.8) is 0 Å². The number of hydrogen-bond acceptors (Lipinski definition) is 4. The lowest BCUT2D eigenvalue weighted by atomic mass is 10.1. The van der Waals surface area contributed by atoms with E-state index in [0.29, 0.717) is 19.4 Å². The summed E-state index contributed by atoms with van der Waals surface area (Å²) in [6, 6.07) is 0. The van der Waals surface area contributed by atoms with Gasteiger partial charge < -0.3 is 14.5 Å². The zero-order valence-electron chi connectivity index (χ0n) is 13.0. The molecule has 0 aliphatic heterocycles. The van der Waals surface area contributed by atoms with Crippen LogP contribution in [0, 0.1) is 0 Å². The number of hydrogen-bond donors (Lipinski definition) is 2. The number of ether oxygens (including phenoxy) is 1. The van der Waals surface area contributed by atoms with Crippen LogP contribution < -0.4 is 0 Å². The second-order valence-electron chi connectivity index (χ2n) is 5.12. The molecule has 0 aromatic heterocycles. The van der Waals surface area contributed by atoms with Crippen LogP contribution in [0.3, 0.4) is 0 Å². The number of rotatable bonds is 14. The molecule has 0 aliphatic carbocycles. The quantitative estimate of drug-likeness (QED) is 0.288. The van der Waals surface area contributed by atoms with Gasteiger partial charge in [-0.15, -0.1) is 0 Å². The SMILES string of the molecule is CCCC(=O)OCCCCCCCCCCOP(=O)(O)O. The Balaban J connectivity index is 3.12. The van der Waals surface area contributed by atoms with Gasteiger partial charge in [0.05, 0.1) is 13.2 Å². The highest BCUT2D eigenvalue weighted by Gasteiger charge is 2.12. The van der Waals surface area contributed by atoms with Crippen LogP contribution in [-0.2, 0) is 18.6 Å². The summed E-state index contributed by atoms with van der Waals surface area (Å²) in [6.45, 7) is 2.60. The molecule has 0 atom stereocenters. The van der Waals surface area contributed by atoms with Crippen molar-refractivity contribution < 1.29 is 28.4 Å². The molecule has 0 aromatic rings. The van der Waals surface area contributed by atoms with Crippen molar-refractivity contribution in [2.24, 2.45) is 0 Å². The molecular weight excluding hydrogens is 295 g/mol. The third-order valence-electron chi connectivity index (χ3n) is 3.02. The minimum atomic E-state index is -4.29.